The maximum Gasteiger partial charge on any atom is 0.291 e. The minimum absolute atomic E-state index is 0.118. The van der Waals surface area contributed by atoms with E-state index >= 15 is 0 Å². The quantitative estimate of drug-likeness (QED) is 0.550. The van der Waals surface area contributed by atoms with E-state index in [2.05, 4.69) is 10.6 Å². The Kier molecular flexibility index (Phi) is 6.21. The van der Waals surface area contributed by atoms with Crippen molar-refractivity contribution < 1.29 is 14.0 Å². The molecule has 2 aromatic carbocycles. The molecule has 27 heavy (non-hydrogen) atoms. The summed E-state index contributed by atoms with van der Waals surface area (Å²) in [5, 5.41) is 5.92. The Morgan fingerprint density at radius 1 is 1.00 bits per heavy atom. The van der Waals surface area contributed by atoms with Crippen molar-refractivity contribution in [3.63, 3.8) is 0 Å². The maximum absolute atomic E-state index is 12.4. The van der Waals surface area contributed by atoms with Crippen molar-refractivity contribution >= 4 is 46.6 Å². The molecule has 3 aromatic rings. The summed E-state index contributed by atoms with van der Waals surface area (Å²) in [6, 6.07) is 17.5. The van der Waals surface area contributed by atoms with Gasteiger partial charge in [-0.2, -0.15) is 0 Å². The first-order chi connectivity index (χ1) is 13.0. The van der Waals surface area contributed by atoms with Gasteiger partial charge in [0.15, 0.2) is 5.76 Å². The zero-order valence-electron chi connectivity index (χ0n) is 14.4. The van der Waals surface area contributed by atoms with Crippen LogP contribution in [0.1, 0.15) is 17.5 Å². The van der Waals surface area contributed by atoms with Gasteiger partial charge < -0.3 is 15.1 Å². The molecule has 0 aliphatic carbocycles. The SMILES string of the molecule is CC(Sc1cccc(NC(=O)c2ccco2)c1)C(=O)Nc1ccc(Cl)cc1. The van der Waals surface area contributed by atoms with Crippen molar-refractivity contribution in [1.82, 2.24) is 0 Å². The Hall–Kier alpha value is -2.70. The molecule has 0 aliphatic heterocycles. The van der Waals surface area contributed by atoms with Crippen molar-refractivity contribution in [1.29, 1.82) is 0 Å². The van der Waals surface area contributed by atoms with Gasteiger partial charge in [-0.15, -0.1) is 11.8 Å². The number of amides is 2. The van der Waals surface area contributed by atoms with Crippen LogP contribution in [0.2, 0.25) is 5.02 Å². The standard InChI is InChI=1S/C20H17ClN2O3S/c1-13(19(24)22-15-9-7-14(21)8-10-15)27-17-5-2-4-16(12-17)23-20(25)18-6-3-11-26-18/h2-13H,1H3,(H,22,24)(H,23,25). The number of hydrogen-bond donors (Lipinski definition) is 2. The van der Waals surface area contributed by atoms with Crippen LogP contribution in [0.5, 0.6) is 0 Å². The number of hydrogen-bond acceptors (Lipinski definition) is 4. The Morgan fingerprint density at radius 2 is 1.78 bits per heavy atom. The monoisotopic (exact) mass is 400 g/mol. The molecule has 0 spiro atoms. The lowest BCUT2D eigenvalue weighted by molar-refractivity contribution is -0.115. The molecule has 7 heteroatoms. The topological polar surface area (TPSA) is 71.3 Å². The van der Waals surface area contributed by atoms with Crippen LogP contribution in [0.25, 0.3) is 0 Å². The molecule has 0 aliphatic rings. The first kappa shape index (κ1) is 19.1. The Labute approximate surface area is 166 Å². The highest BCUT2D eigenvalue weighted by molar-refractivity contribution is 8.00. The van der Waals surface area contributed by atoms with Gasteiger partial charge in [-0.1, -0.05) is 17.7 Å². The molecular formula is C20H17ClN2O3S. The lowest BCUT2D eigenvalue weighted by Crippen LogP contribution is -2.22. The minimum Gasteiger partial charge on any atom is -0.459 e. The fraction of sp³-hybridized carbons (Fsp3) is 0.100. The van der Waals surface area contributed by atoms with Gasteiger partial charge in [0.25, 0.3) is 5.91 Å². The molecule has 1 heterocycles. The zero-order chi connectivity index (χ0) is 19.2. The number of carbonyl (C=O) groups excluding carboxylic acids is 2. The summed E-state index contributed by atoms with van der Waals surface area (Å²) in [5.41, 5.74) is 1.32. The van der Waals surface area contributed by atoms with Gasteiger partial charge in [-0.05, 0) is 61.5 Å². The van der Waals surface area contributed by atoms with Crippen molar-refractivity contribution in [2.24, 2.45) is 0 Å². The highest BCUT2D eigenvalue weighted by Gasteiger charge is 2.15. The number of carbonyl (C=O) groups is 2. The van der Waals surface area contributed by atoms with Gasteiger partial charge in [0, 0.05) is 21.3 Å². The second-order valence-corrected chi connectivity index (χ2v) is 7.57. The van der Waals surface area contributed by atoms with Gasteiger partial charge in [0.2, 0.25) is 5.91 Å². The largest absolute Gasteiger partial charge is 0.459 e. The fourth-order valence-corrected chi connectivity index (χ4v) is 3.33. The number of nitrogens with one attached hydrogen (secondary N) is 2. The molecule has 1 atom stereocenters. The molecule has 2 amide bonds. The lowest BCUT2D eigenvalue weighted by atomic mass is 10.3. The summed E-state index contributed by atoms with van der Waals surface area (Å²) in [7, 11) is 0. The smallest absolute Gasteiger partial charge is 0.291 e. The van der Waals surface area contributed by atoms with E-state index in [0.29, 0.717) is 16.4 Å². The molecule has 5 nitrogen and oxygen atoms in total. The van der Waals surface area contributed by atoms with Crippen LogP contribution in [0.15, 0.2) is 76.2 Å². The molecule has 1 aromatic heterocycles. The lowest BCUT2D eigenvalue weighted by Gasteiger charge is -2.13. The number of rotatable bonds is 6. The van der Waals surface area contributed by atoms with E-state index in [4.69, 9.17) is 16.0 Å². The summed E-state index contributed by atoms with van der Waals surface area (Å²) in [4.78, 5) is 25.3. The third-order valence-electron chi connectivity index (χ3n) is 3.63. The van der Waals surface area contributed by atoms with Crippen LogP contribution >= 0.6 is 23.4 Å². The molecule has 3 rings (SSSR count). The van der Waals surface area contributed by atoms with E-state index in [-0.39, 0.29) is 22.8 Å². The van der Waals surface area contributed by atoms with E-state index in [0.717, 1.165) is 4.90 Å². The molecule has 0 saturated carbocycles. The van der Waals surface area contributed by atoms with Crippen molar-refractivity contribution in [3.05, 3.63) is 77.7 Å². The molecule has 1 unspecified atom stereocenters. The number of furan rings is 1. The van der Waals surface area contributed by atoms with Gasteiger partial charge in [-0.3, -0.25) is 9.59 Å². The minimum atomic E-state index is -0.323. The van der Waals surface area contributed by atoms with E-state index in [1.54, 1.807) is 42.5 Å². The highest BCUT2D eigenvalue weighted by atomic mass is 35.5. The van der Waals surface area contributed by atoms with E-state index in [1.165, 1.54) is 18.0 Å². The van der Waals surface area contributed by atoms with Crippen LogP contribution in [0, 0.1) is 0 Å². The van der Waals surface area contributed by atoms with Crippen molar-refractivity contribution in [3.8, 4) is 0 Å². The van der Waals surface area contributed by atoms with Crippen LogP contribution < -0.4 is 10.6 Å². The second-order valence-electron chi connectivity index (χ2n) is 5.72. The van der Waals surface area contributed by atoms with Gasteiger partial charge in [-0.25, -0.2) is 0 Å². The Morgan fingerprint density at radius 3 is 2.48 bits per heavy atom. The van der Waals surface area contributed by atoms with Crippen LogP contribution in [-0.2, 0) is 4.79 Å². The number of halogens is 1. The Balaban J connectivity index is 1.60. The van der Waals surface area contributed by atoms with Crippen LogP contribution in [0.4, 0.5) is 11.4 Å². The van der Waals surface area contributed by atoms with Crippen molar-refractivity contribution in [2.75, 3.05) is 10.6 Å². The molecule has 0 fully saturated rings. The van der Waals surface area contributed by atoms with Gasteiger partial charge in [0.05, 0.1) is 11.5 Å². The van der Waals surface area contributed by atoms with Crippen LogP contribution in [0.3, 0.4) is 0 Å². The molecule has 2 N–H and O–H groups in total. The zero-order valence-corrected chi connectivity index (χ0v) is 16.0. The average molecular weight is 401 g/mol. The third-order valence-corrected chi connectivity index (χ3v) is 4.98. The normalized spacial score (nSPS) is 11.6. The summed E-state index contributed by atoms with van der Waals surface area (Å²) in [5.74, 6) is -0.202. The van der Waals surface area contributed by atoms with Crippen molar-refractivity contribution in [2.45, 2.75) is 17.1 Å². The number of thioether (sulfide) groups is 1. The fourth-order valence-electron chi connectivity index (χ4n) is 2.28. The summed E-state index contributed by atoms with van der Waals surface area (Å²) >= 11 is 7.25. The molecular weight excluding hydrogens is 384 g/mol. The summed E-state index contributed by atoms with van der Waals surface area (Å²) < 4.78 is 5.08. The number of anilines is 2. The maximum atomic E-state index is 12.4. The van der Waals surface area contributed by atoms with Gasteiger partial charge in [0.1, 0.15) is 0 Å². The average Bonchev–Trinajstić information content (AvgIpc) is 3.19. The number of benzene rings is 2. The third kappa shape index (κ3) is 5.39. The molecule has 0 saturated heterocycles. The first-order valence-electron chi connectivity index (χ1n) is 8.19. The molecule has 138 valence electrons. The summed E-state index contributed by atoms with van der Waals surface area (Å²) in [6.45, 7) is 1.82. The summed E-state index contributed by atoms with van der Waals surface area (Å²) in [6.07, 6.45) is 1.45. The Bertz CT molecular complexity index is 927. The second kappa shape index (κ2) is 8.79. The first-order valence-corrected chi connectivity index (χ1v) is 9.45. The molecule has 0 radical (unpaired) electrons. The molecule has 0 bridgehead atoms. The van der Waals surface area contributed by atoms with E-state index in [9.17, 15) is 9.59 Å². The van der Waals surface area contributed by atoms with Crippen LogP contribution in [-0.4, -0.2) is 17.1 Å². The predicted octanol–water partition coefficient (Wildman–Crippen LogP) is 5.30. The highest BCUT2D eigenvalue weighted by Crippen LogP contribution is 2.27. The predicted molar refractivity (Wildman–Crippen MR) is 109 cm³/mol. The van der Waals surface area contributed by atoms with E-state index in [1.807, 2.05) is 25.1 Å². The van der Waals surface area contributed by atoms with E-state index < -0.39 is 0 Å². The van der Waals surface area contributed by atoms with Gasteiger partial charge >= 0.3 is 0 Å².